The van der Waals surface area contributed by atoms with Crippen molar-refractivity contribution in [2.75, 3.05) is 10.6 Å². The molecule has 34 heavy (non-hydrogen) atoms. The van der Waals surface area contributed by atoms with E-state index in [1.807, 2.05) is 43.3 Å². The topological polar surface area (TPSA) is 129 Å². The summed E-state index contributed by atoms with van der Waals surface area (Å²) in [4.78, 5) is 42.9. The lowest BCUT2D eigenvalue weighted by Crippen LogP contribution is -2.19. The predicted molar refractivity (Wildman–Crippen MR) is 132 cm³/mol. The Balaban J connectivity index is 1.57. The van der Waals surface area contributed by atoms with E-state index in [2.05, 4.69) is 20.6 Å². The van der Waals surface area contributed by atoms with E-state index in [9.17, 15) is 19.7 Å². The Morgan fingerprint density at radius 2 is 1.71 bits per heavy atom. The van der Waals surface area contributed by atoms with Crippen molar-refractivity contribution in [3.63, 3.8) is 0 Å². The fourth-order valence-corrected chi connectivity index (χ4v) is 3.58. The lowest BCUT2D eigenvalue weighted by molar-refractivity contribution is -0.384. The summed E-state index contributed by atoms with van der Waals surface area (Å²) in [6.07, 6.45) is 0. The number of rotatable bonds is 5. The number of nitro groups is 1. The van der Waals surface area contributed by atoms with E-state index < -0.39 is 11.0 Å². The van der Waals surface area contributed by atoms with Crippen LogP contribution in [0.1, 0.15) is 18.1 Å². The molecule has 1 aliphatic heterocycles. The van der Waals surface area contributed by atoms with Gasteiger partial charge in [-0.1, -0.05) is 36.4 Å². The average Bonchev–Trinajstić information content (AvgIpc) is 2.94. The van der Waals surface area contributed by atoms with Crippen molar-refractivity contribution >= 4 is 34.5 Å². The number of benzene rings is 2. The number of non-ortho nitro benzene ring substituents is 1. The summed E-state index contributed by atoms with van der Waals surface area (Å²) in [5, 5.41) is 16.2. The van der Waals surface area contributed by atoms with Crippen molar-refractivity contribution in [2.24, 2.45) is 4.99 Å². The van der Waals surface area contributed by atoms with Gasteiger partial charge < -0.3 is 15.6 Å². The number of aliphatic imine (C=N–C) groups is 1. The number of aryl methyl sites for hydroxylation is 1. The van der Waals surface area contributed by atoms with Crippen molar-refractivity contribution in [2.45, 2.75) is 13.8 Å². The van der Waals surface area contributed by atoms with Gasteiger partial charge in [0.15, 0.2) is 0 Å². The Hall–Kier alpha value is -4.79. The molecule has 2 aromatic rings. The van der Waals surface area contributed by atoms with Crippen LogP contribution in [0.3, 0.4) is 0 Å². The molecule has 1 heterocycles. The van der Waals surface area contributed by atoms with Crippen LogP contribution in [0.15, 0.2) is 82.6 Å². The van der Waals surface area contributed by atoms with Gasteiger partial charge in [-0.25, -0.2) is 4.79 Å². The van der Waals surface area contributed by atoms with Gasteiger partial charge in [0.2, 0.25) is 0 Å². The minimum Gasteiger partial charge on any atom is -0.321 e. The number of hydrogen-bond donors (Lipinski definition) is 3. The lowest BCUT2D eigenvalue weighted by Gasteiger charge is -2.10. The molecule has 0 aromatic heterocycles. The van der Waals surface area contributed by atoms with Crippen LogP contribution in [0, 0.1) is 17.0 Å². The van der Waals surface area contributed by atoms with Gasteiger partial charge in [0.1, 0.15) is 0 Å². The molecule has 2 aliphatic rings. The number of hydrogen-bond acceptors (Lipinski definition) is 5. The molecule has 9 heteroatoms. The minimum absolute atomic E-state index is 0.121. The Labute approximate surface area is 194 Å². The number of nitrogens with zero attached hydrogens (tertiary/aromatic N) is 2. The van der Waals surface area contributed by atoms with Crippen LogP contribution >= 0.6 is 0 Å². The molecule has 9 nitrogen and oxygen atoms in total. The maximum Gasteiger partial charge on any atom is 0.323 e. The van der Waals surface area contributed by atoms with E-state index in [0.29, 0.717) is 28.3 Å². The number of amides is 2. The molecular weight excluding hydrogens is 434 g/mol. The number of carbonyl (C=O) groups is 1. The summed E-state index contributed by atoms with van der Waals surface area (Å²) in [6, 6.07) is 19.6. The van der Waals surface area contributed by atoms with Crippen LogP contribution in [-0.4, -0.2) is 21.7 Å². The Bertz CT molecular complexity index is 1460. The van der Waals surface area contributed by atoms with Gasteiger partial charge in [-0.3, -0.25) is 19.9 Å². The average molecular weight is 455 g/mol. The molecular formula is C25H21N5O4. The maximum absolute atomic E-state index is 12.6. The summed E-state index contributed by atoms with van der Waals surface area (Å²) < 4.78 is 0. The van der Waals surface area contributed by atoms with Gasteiger partial charge in [-0.15, -0.1) is 0 Å². The van der Waals surface area contributed by atoms with E-state index in [4.69, 9.17) is 0 Å². The maximum atomic E-state index is 12.6. The van der Waals surface area contributed by atoms with Gasteiger partial charge in [0.25, 0.3) is 11.2 Å². The SMILES string of the molecule is CC(=Nc1cc(NC(=O)Nc2cccc([N+](=O)[O-])c2)ccc1C)c1c2cccccc-2[nH]c1=O. The first-order chi connectivity index (χ1) is 16.3. The standard InChI is InChI=1S/C25H21N5O4/c1-15-11-12-18(28-25(32)27-17-7-6-8-19(13-17)30(33)34)14-22(15)26-16(2)23-20-9-4-3-5-10-21(20)29-24(23)31/h3-14H,1-2H3,(H,29,31)(H2,27,28,32). The first-order valence-electron chi connectivity index (χ1n) is 10.4. The van der Waals surface area contributed by atoms with Crippen LogP contribution in [0.2, 0.25) is 0 Å². The fourth-order valence-electron chi connectivity index (χ4n) is 3.58. The second-order valence-corrected chi connectivity index (χ2v) is 7.65. The monoisotopic (exact) mass is 455 g/mol. The third-order valence-corrected chi connectivity index (χ3v) is 5.21. The molecule has 0 fully saturated rings. The van der Waals surface area contributed by atoms with Crippen LogP contribution in [0.4, 0.5) is 27.5 Å². The quantitative estimate of drug-likeness (QED) is 0.209. The predicted octanol–water partition coefficient (Wildman–Crippen LogP) is 5.48. The van der Waals surface area contributed by atoms with Crippen molar-refractivity contribution in [3.05, 3.63) is 104 Å². The molecule has 170 valence electrons. The van der Waals surface area contributed by atoms with Gasteiger partial charge in [0, 0.05) is 34.8 Å². The second-order valence-electron chi connectivity index (χ2n) is 7.65. The summed E-state index contributed by atoms with van der Waals surface area (Å²) in [5.41, 5.74) is 4.44. The number of aromatic amines is 1. The highest BCUT2D eigenvalue weighted by molar-refractivity contribution is 6.06. The lowest BCUT2D eigenvalue weighted by atomic mass is 10.1. The van der Waals surface area contributed by atoms with Crippen LogP contribution < -0.4 is 16.2 Å². The van der Waals surface area contributed by atoms with Gasteiger partial charge in [-0.05, 0) is 43.7 Å². The number of nitro benzene ring substituents is 1. The number of nitrogens with one attached hydrogen (secondary N) is 3. The number of anilines is 2. The first kappa shape index (κ1) is 22.4. The van der Waals surface area contributed by atoms with Crippen molar-refractivity contribution in [1.82, 2.24) is 4.98 Å². The zero-order chi connectivity index (χ0) is 24.2. The van der Waals surface area contributed by atoms with Crippen LogP contribution in [0.5, 0.6) is 0 Å². The highest BCUT2D eigenvalue weighted by atomic mass is 16.6. The number of fused-ring (bicyclic) bond motifs is 1. The third kappa shape index (κ3) is 4.83. The molecule has 1 aliphatic carbocycles. The van der Waals surface area contributed by atoms with E-state index >= 15 is 0 Å². The molecule has 0 spiro atoms. The summed E-state index contributed by atoms with van der Waals surface area (Å²) in [6.45, 7) is 3.65. The van der Waals surface area contributed by atoms with Crippen LogP contribution in [-0.2, 0) is 0 Å². The van der Waals surface area contributed by atoms with Crippen LogP contribution in [0.25, 0.3) is 11.3 Å². The molecule has 3 N–H and O–H groups in total. The van der Waals surface area contributed by atoms with E-state index in [0.717, 1.165) is 16.8 Å². The number of carbonyl (C=O) groups excluding carboxylic acids is 1. The Morgan fingerprint density at radius 1 is 0.971 bits per heavy atom. The second kappa shape index (κ2) is 9.37. The van der Waals surface area contributed by atoms with Crippen molar-refractivity contribution < 1.29 is 9.72 Å². The highest BCUT2D eigenvalue weighted by Crippen LogP contribution is 2.27. The van der Waals surface area contributed by atoms with E-state index in [-0.39, 0.29) is 11.2 Å². The smallest absolute Gasteiger partial charge is 0.321 e. The van der Waals surface area contributed by atoms with Gasteiger partial charge in [0.05, 0.1) is 21.9 Å². The largest absolute Gasteiger partial charge is 0.323 e. The molecule has 0 saturated carbocycles. The zero-order valence-electron chi connectivity index (χ0n) is 18.5. The van der Waals surface area contributed by atoms with Gasteiger partial charge in [-0.2, -0.15) is 0 Å². The number of H-pyrrole nitrogens is 1. The van der Waals surface area contributed by atoms with E-state index in [1.165, 1.54) is 18.2 Å². The molecule has 0 bridgehead atoms. The molecule has 4 rings (SSSR count). The third-order valence-electron chi connectivity index (χ3n) is 5.21. The molecule has 0 atom stereocenters. The molecule has 2 aromatic carbocycles. The summed E-state index contributed by atoms with van der Waals surface area (Å²) in [7, 11) is 0. The van der Waals surface area contributed by atoms with Crippen molar-refractivity contribution in [3.8, 4) is 11.3 Å². The molecule has 0 saturated heterocycles. The molecule has 0 unspecified atom stereocenters. The fraction of sp³-hybridized carbons (Fsp3) is 0.0800. The number of urea groups is 1. The normalized spacial score (nSPS) is 11.3. The first-order valence-corrected chi connectivity index (χ1v) is 10.4. The summed E-state index contributed by atoms with van der Waals surface area (Å²) >= 11 is 0. The number of aromatic nitrogens is 1. The Kier molecular flexibility index (Phi) is 6.18. The summed E-state index contributed by atoms with van der Waals surface area (Å²) in [5.74, 6) is 0. The van der Waals surface area contributed by atoms with Crippen molar-refractivity contribution in [1.29, 1.82) is 0 Å². The zero-order valence-corrected chi connectivity index (χ0v) is 18.5. The highest BCUT2D eigenvalue weighted by Gasteiger charge is 2.16. The Morgan fingerprint density at radius 3 is 2.47 bits per heavy atom. The van der Waals surface area contributed by atoms with E-state index in [1.54, 1.807) is 25.1 Å². The minimum atomic E-state index is -0.554. The van der Waals surface area contributed by atoms with Gasteiger partial charge >= 0.3 is 6.03 Å². The molecule has 2 amide bonds. The molecule has 0 radical (unpaired) electrons.